The third-order valence-electron chi connectivity index (χ3n) is 7.01. The summed E-state index contributed by atoms with van der Waals surface area (Å²) in [5.41, 5.74) is 3.20. The number of rotatable bonds is 5. The molecule has 2 fully saturated rings. The zero-order valence-corrected chi connectivity index (χ0v) is 21.2. The number of pyridine rings is 1. The molecule has 1 aromatic carbocycles. The molecule has 0 saturated carbocycles. The number of aryl methyl sites for hydroxylation is 1. The van der Waals surface area contributed by atoms with Gasteiger partial charge in [0, 0.05) is 48.9 Å². The fourth-order valence-corrected chi connectivity index (χ4v) is 5.07. The minimum atomic E-state index is -0.0607. The Morgan fingerprint density at radius 1 is 1.14 bits per heavy atom. The first-order chi connectivity index (χ1) is 17.4. The van der Waals surface area contributed by atoms with Gasteiger partial charge in [0.25, 0.3) is 5.56 Å². The zero-order chi connectivity index (χ0) is 25.2. The molecule has 1 atom stereocenters. The molecule has 36 heavy (non-hydrogen) atoms. The summed E-state index contributed by atoms with van der Waals surface area (Å²) >= 11 is 0. The van der Waals surface area contributed by atoms with Gasteiger partial charge in [-0.15, -0.1) is 0 Å². The van der Waals surface area contributed by atoms with Gasteiger partial charge < -0.3 is 20.3 Å². The first-order valence-corrected chi connectivity index (χ1v) is 12.8. The van der Waals surface area contributed by atoms with Crippen molar-refractivity contribution in [1.82, 2.24) is 24.8 Å². The molecule has 2 aliphatic heterocycles. The predicted molar refractivity (Wildman–Crippen MR) is 140 cm³/mol. The number of hydrogen-bond acceptors (Lipinski definition) is 6. The third kappa shape index (κ3) is 4.93. The first kappa shape index (κ1) is 24.2. The Balaban J connectivity index is 1.43. The summed E-state index contributed by atoms with van der Waals surface area (Å²) < 4.78 is 7.44. The van der Waals surface area contributed by atoms with E-state index in [2.05, 4.69) is 15.6 Å². The van der Waals surface area contributed by atoms with E-state index in [9.17, 15) is 9.59 Å². The molecule has 0 radical (unpaired) electrons. The highest BCUT2D eigenvalue weighted by molar-refractivity contribution is 5.82. The average molecular weight is 491 g/mol. The molecule has 2 amide bonds. The average Bonchev–Trinajstić information content (AvgIpc) is 3.39. The Morgan fingerprint density at radius 2 is 1.92 bits per heavy atom. The van der Waals surface area contributed by atoms with E-state index in [0.717, 1.165) is 35.8 Å². The van der Waals surface area contributed by atoms with Crippen molar-refractivity contribution in [3.8, 4) is 11.1 Å². The van der Waals surface area contributed by atoms with Crippen LogP contribution in [0.1, 0.15) is 44.7 Å². The number of anilines is 1. The van der Waals surface area contributed by atoms with E-state index in [1.807, 2.05) is 56.0 Å². The Hall–Kier alpha value is -3.46. The van der Waals surface area contributed by atoms with E-state index in [4.69, 9.17) is 9.72 Å². The molecule has 2 aromatic heterocycles. The summed E-state index contributed by atoms with van der Waals surface area (Å²) in [5.74, 6) is 0.503. The number of amides is 2. The van der Waals surface area contributed by atoms with Gasteiger partial charge >= 0.3 is 6.03 Å². The molecule has 5 rings (SSSR count). The molecule has 0 bridgehead atoms. The Kier molecular flexibility index (Phi) is 6.91. The van der Waals surface area contributed by atoms with Crippen molar-refractivity contribution in [2.75, 3.05) is 31.6 Å². The number of aromatic nitrogens is 3. The summed E-state index contributed by atoms with van der Waals surface area (Å²) in [6.45, 7) is 8.42. The van der Waals surface area contributed by atoms with Gasteiger partial charge in [-0.2, -0.15) is 4.98 Å². The summed E-state index contributed by atoms with van der Waals surface area (Å²) in [5, 5.41) is 7.22. The first-order valence-electron chi connectivity index (χ1n) is 12.8. The summed E-state index contributed by atoms with van der Waals surface area (Å²) in [6, 6.07) is 10.0. The molecule has 190 valence electrons. The van der Waals surface area contributed by atoms with Crippen LogP contribution in [0.4, 0.5) is 10.7 Å². The number of urea groups is 1. The number of ether oxygens (including phenoxy) is 1. The quantitative estimate of drug-likeness (QED) is 0.565. The number of fused-ring (bicyclic) bond motifs is 1. The molecule has 2 aliphatic rings. The van der Waals surface area contributed by atoms with Crippen LogP contribution in [-0.2, 0) is 4.74 Å². The van der Waals surface area contributed by atoms with E-state index in [1.54, 1.807) is 10.8 Å². The van der Waals surface area contributed by atoms with Crippen molar-refractivity contribution in [1.29, 1.82) is 0 Å². The van der Waals surface area contributed by atoms with Crippen LogP contribution in [-0.4, -0.2) is 63.9 Å². The fourth-order valence-electron chi connectivity index (χ4n) is 5.07. The third-order valence-corrected chi connectivity index (χ3v) is 7.01. The van der Waals surface area contributed by atoms with E-state index < -0.39 is 0 Å². The van der Waals surface area contributed by atoms with E-state index in [-0.39, 0.29) is 29.7 Å². The summed E-state index contributed by atoms with van der Waals surface area (Å²) in [6.07, 6.45) is 4.18. The highest BCUT2D eigenvalue weighted by Gasteiger charge is 2.26. The number of likely N-dealkylation sites (tertiary alicyclic amines) is 1. The molecule has 9 nitrogen and oxygen atoms in total. The molecule has 0 spiro atoms. The second-order valence-corrected chi connectivity index (χ2v) is 10.0. The highest BCUT2D eigenvalue weighted by Crippen LogP contribution is 2.28. The van der Waals surface area contributed by atoms with Crippen LogP contribution in [0.2, 0.25) is 0 Å². The second kappa shape index (κ2) is 10.3. The largest absolute Gasteiger partial charge is 0.379 e. The van der Waals surface area contributed by atoms with Crippen LogP contribution in [0.5, 0.6) is 0 Å². The lowest BCUT2D eigenvalue weighted by molar-refractivity contribution is 0.181. The normalized spacial score (nSPS) is 18.7. The summed E-state index contributed by atoms with van der Waals surface area (Å²) in [4.78, 5) is 37.3. The standard InChI is InChI=1S/C27H34N6O3/c1-17(2)29-27(35)32-11-8-20(9-12-32)30-26-28-15-19-14-23(22-7-5-4-6-18(22)3)25(34)33(24(19)31-26)21-10-13-36-16-21/h4-7,14-15,17,20-21H,8-13,16H2,1-3H3,(H,29,35)(H,28,30,31)/t21-/m0/s1. The van der Waals surface area contributed by atoms with Gasteiger partial charge in [-0.3, -0.25) is 9.36 Å². The lowest BCUT2D eigenvalue weighted by atomic mass is 10.0. The molecule has 2 saturated heterocycles. The Labute approximate surface area is 210 Å². The van der Waals surface area contributed by atoms with Gasteiger partial charge in [0.1, 0.15) is 5.65 Å². The smallest absolute Gasteiger partial charge is 0.317 e. The molecule has 3 aromatic rings. The van der Waals surface area contributed by atoms with E-state index >= 15 is 0 Å². The topological polar surface area (TPSA) is 101 Å². The summed E-state index contributed by atoms with van der Waals surface area (Å²) in [7, 11) is 0. The Bertz CT molecular complexity index is 1310. The number of nitrogens with one attached hydrogen (secondary N) is 2. The minimum absolute atomic E-state index is 0.0161. The molecule has 0 unspecified atom stereocenters. The van der Waals surface area contributed by atoms with Gasteiger partial charge in [0.05, 0.1) is 12.6 Å². The zero-order valence-electron chi connectivity index (χ0n) is 21.2. The molecular formula is C27H34N6O3. The number of carbonyl (C=O) groups excluding carboxylic acids is 1. The predicted octanol–water partition coefficient (Wildman–Crippen LogP) is 3.72. The highest BCUT2D eigenvalue weighted by atomic mass is 16.5. The van der Waals surface area contributed by atoms with Crippen molar-refractivity contribution < 1.29 is 9.53 Å². The van der Waals surface area contributed by atoms with Crippen molar-refractivity contribution in [3.05, 3.63) is 52.4 Å². The number of benzene rings is 1. The Morgan fingerprint density at radius 3 is 2.61 bits per heavy atom. The van der Waals surface area contributed by atoms with Gasteiger partial charge in [0.2, 0.25) is 5.95 Å². The van der Waals surface area contributed by atoms with Crippen molar-refractivity contribution >= 4 is 23.0 Å². The van der Waals surface area contributed by atoms with Crippen LogP contribution in [0, 0.1) is 6.92 Å². The van der Waals surface area contributed by atoms with Crippen LogP contribution in [0.25, 0.3) is 22.2 Å². The van der Waals surface area contributed by atoms with Crippen LogP contribution < -0.4 is 16.2 Å². The maximum Gasteiger partial charge on any atom is 0.317 e. The van der Waals surface area contributed by atoms with Crippen molar-refractivity contribution in [3.63, 3.8) is 0 Å². The number of piperidine rings is 1. The van der Waals surface area contributed by atoms with Crippen LogP contribution in [0.15, 0.2) is 41.3 Å². The number of hydrogen-bond donors (Lipinski definition) is 2. The maximum atomic E-state index is 13.8. The van der Waals surface area contributed by atoms with Gasteiger partial charge in [-0.05, 0) is 57.2 Å². The lowest BCUT2D eigenvalue weighted by Gasteiger charge is -2.33. The van der Waals surface area contributed by atoms with E-state index in [0.29, 0.717) is 43.5 Å². The fraction of sp³-hybridized carbons (Fsp3) is 0.481. The number of nitrogens with zero attached hydrogens (tertiary/aromatic N) is 4. The van der Waals surface area contributed by atoms with Crippen LogP contribution >= 0.6 is 0 Å². The molecular weight excluding hydrogens is 456 g/mol. The number of carbonyl (C=O) groups is 1. The van der Waals surface area contributed by atoms with Crippen molar-refractivity contribution in [2.24, 2.45) is 0 Å². The lowest BCUT2D eigenvalue weighted by Crippen LogP contribution is -2.48. The molecule has 4 heterocycles. The van der Waals surface area contributed by atoms with E-state index in [1.165, 1.54) is 0 Å². The van der Waals surface area contributed by atoms with Crippen LogP contribution in [0.3, 0.4) is 0 Å². The maximum absolute atomic E-state index is 13.8. The minimum Gasteiger partial charge on any atom is -0.379 e. The molecule has 0 aliphatic carbocycles. The molecule has 2 N–H and O–H groups in total. The van der Waals surface area contributed by atoms with Gasteiger partial charge in [-0.25, -0.2) is 9.78 Å². The monoisotopic (exact) mass is 490 g/mol. The second-order valence-electron chi connectivity index (χ2n) is 10.0. The van der Waals surface area contributed by atoms with Crippen molar-refractivity contribution in [2.45, 2.75) is 58.2 Å². The van der Waals surface area contributed by atoms with Gasteiger partial charge in [0.15, 0.2) is 0 Å². The van der Waals surface area contributed by atoms with Gasteiger partial charge in [-0.1, -0.05) is 24.3 Å². The SMILES string of the molecule is Cc1ccccc1-c1cc2cnc(NC3CCN(C(=O)NC(C)C)CC3)nc2n([C@H]2CCOC2)c1=O. The molecule has 9 heteroatoms.